The first-order valence-corrected chi connectivity index (χ1v) is 6.00. The van der Waals surface area contributed by atoms with E-state index in [2.05, 4.69) is 15.0 Å². The van der Waals surface area contributed by atoms with Crippen LogP contribution in [0.5, 0.6) is 5.75 Å². The van der Waals surface area contributed by atoms with Gasteiger partial charge in [-0.15, -0.1) is 11.3 Å². The molecule has 0 bridgehead atoms. The Hall–Kier alpha value is -2.22. The first kappa shape index (κ1) is 13.2. The lowest BCUT2D eigenvalue weighted by Crippen LogP contribution is -2.12. The molecular formula is C11H9F2N3O2S. The van der Waals surface area contributed by atoms with Crippen LogP contribution in [-0.4, -0.2) is 17.5 Å². The second kappa shape index (κ2) is 5.61. The molecule has 1 aromatic heterocycles. The van der Waals surface area contributed by atoms with Crippen molar-refractivity contribution in [1.29, 1.82) is 0 Å². The summed E-state index contributed by atoms with van der Waals surface area (Å²) < 4.78 is 28.3. The van der Waals surface area contributed by atoms with E-state index in [1.165, 1.54) is 23.6 Å². The van der Waals surface area contributed by atoms with Crippen LogP contribution in [0.2, 0.25) is 0 Å². The summed E-state index contributed by atoms with van der Waals surface area (Å²) in [7, 11) is 0. The van der Waals surface area contributed by atoms with Gasteiger partial charge >= 0.3 is 6.61 Å². The van der Waals surface area contributed by atoms with Crippen molar-refractivity contribution in [3.05, 3.63) is 35.3 Å². The molecule has 0 spiro atoms. The minimum absolute atomic E-state index is 0.0365. The fourth-order valence-electron chi connectivity index (χ4n) is 1.34. The lowest BCUT2D eigenvalue weighted by atomic mass is 10.3. The first-order valence-electron chi connectivity index (χ1n) is 5.12. The van der Waals surface area contributed by atoms with Crippen molar-refractivity contribution in [2.24, 2.45) is 0 Å². The lowest BCUT2D eigenvalue weighted by molar-refractivity contribution is -0.0497. The van der Waals surface area contributed by atoms with Crippen molar-refractivity contribution in [2.45, 2.75) is 6.61 Å². The number of benzene rings is 1. The number of rotatable bonds is 4. The number of ether oxygens (including phenoxy) is 1. The van der Waals surface area contributed by atoms with E-state index in [1.807, 2.05) is 0 Å². The average Bonchev–Trinajstić information content (AvgIpc) is 2.75. The zero-order valence-corrected chi connectivity index (χ0v) is 10.3. The summed E-state index contributed by atoms with van der Waals surface area (Å²) in [5.41, 5.74) is 5.91. The molecule has 1 aromatic carbocycles. The van der Waals surface area contributed by atoms with Crippen LogP contribution >= 0.6 is 11.3 Å². The molecule has 0 saturated carbocycles. The molecule has 2 rings (SSSR count). The van der Waals surface area contributed by atoms with E-state index < -0.39 is 12.5 Å². The summed E-state index contributed by atoms with van der Waals surface area (Å²) in [5, 5.41) is 4.29. The van der Waals surface area contributed by atoms with E-state index in [4.69, 9.17) is 5.73 Å². The molecule has 1 heterocycles. The number of anilines is 2. The van der Waals surface area contributed by atoms with E-state index in [0.717, 1.165) is 11.3 Å². The highest BCUT2D eigenvalue weighted by Gasteiger charge is 2.11. The molecule has 0 aliphatic carbocycles. The van der Waals surface area contributed by atoms with E-state index >= 15 is 0 Å². The molecule has 0 atom stereocenters. The van der Waals surface area contributed by atoms with Crippen molar-refractivity contribution in [2.75, 3.05) is 11.1 Å². The lowest BCUT2D eigenvalue weighted by Gasteiger charge is -2.07. The maximum absolute atomic E-state index is 12.1. The van der Waals surface area contributed by atoms with Crippen molar-refractivity contribution in [1.82, 2.24) is 4.98 Å². The Bertz CT molecular complexity index is 589. The number of nitrogens with one attached hydrogen (secondary N) is 1. The van der Waals surface area contributed by atoms with E-state index in [-0.39, 0.29) is 16.6 Å². The molecule has 2 aromatic rings. The van der Waals surface area contributed by atoms with Crippen LogP contribution in [0.25, 0.3) is 0 Å². The monoisotopic (exact) mass is 285 g/mol. The Labute approximate surface area is 111 Å². The quantitative estimate of drug-likeness (QED) is 0.905. The highest BCUT2D eigenvalue weighted by molar-refractivity contribution is 7.13. The maximum Gasteiger partial charge on any atom is 0.387 e. The van der Waals surface area contributed by atoms with Crippen LogP contribution in [0.4, 0.5) is 19.6 Å². The summed E-state index contributed by atoms with van der Waals surface area (Å²) in [6.45, 7) is -2.91. The van der Waals surface area contributed by atoms with Gasteiger partial charge in [0.2, 0.25) is 0 Å². The second-order valence-electron chi connectivity index (χ2n) is 3.43. The standard InChI is InChI=1S/C11H9F2N3O2S/c12-10(13)18-7-3-1-2-6(4-7)15-9(17)8-5-19-11(14)16-8/h1-5,10H,(H2,14,16)(H,15,17). The summed E-state index contributed by atoms with van der Waals surface area (Å²) in [6, 6.07) is 5.69. The minimum Gasteiger partial charge on any atom is -0.435 e. The molecule has 0 radical (unpaired) electrons. The highest BCUT2D eigenvalue weighted by Crippen LogP contribution is 2.20. The molecule has 1 amide bonds. The van der Waals surface area contributed by atoms with E-state index in [0.29, 0.717) is 5.69 Å². The number of carbonyl (C=O) groups excluding carboxylic acids is 1. The third-order valence-corrected chi connectivity index (χ3v) is 2.75. The van der Waals surface area contributed by atoms with Gasteiger partial charge in [-0.3, -0.25) is 4.79 Å². The van der Waals surface area contributed by atoms with Gasteiger partial charge in [-0.1, -0.05) is 6.07 Å². The number of nitrogens with zero attached hydrogens (tertiary/aromatic N) is 1. The number of halogens is 2. The van der Waals surface area contributed by atoms with Gasteiger partial charge in [0.15, 0.2) is 5.13 Å². The van der Waals surface area contributed by atoms with Crippen molar-refractivity contribution in [3.8, 4) is 5.75 Å². The van der Waals surface area contributed by atoms with E-state index in [9.17, 15) is 13.6 Å². The number of carbonyl (C=O) groups is 1. The summed E-state index contributed by atoms with van der Waals surface area (Å²) in [5.74, 6) is -0.507. The summed E-state index contributed by atoms with van der Waals surface area (Å²) in [4.78, 5) is 15.6. The number of alkyl halides is 2. The predicted octanol–water partition coefficient (Wildman–Crippen LogP) is 2.58. The number of aromatic nitrogens is 1. The first-order chi connectivity index (χ1) is 9.04. The molecule has 100 valence electrons. The third-order valence-electron chi connectivity index (χ3n) is 2.07. The van der Waals surface area contributed by atoms with Gasteiger partial charge in [-0.05, 0) is 12.1 Å². The van der Waals surface area contributed by atoms with Crippen molar-refractivity contribution < 1.29 is 18.3 Å². The van der Waals surface area contributed by atoms with Crippen LogP contribution in [0.1, 0.15) is 10.5 Å². The zero-order chi connectivity index (χ0) is 13.8. The normalized spacial score (nSPS) is 10.5. The molecule has 0 unspecified atom stereocenters. The molecule has 5 nitrogen and oxygen atoms in total. The molecule has 0 aliphatic rings. The Morgan fingerprint density at radius 3 is 2.89 bits per heavy atom. The molecular weight excluding hydrogens is 276 g/mol. The van der Waals surface area contributed by atoms with Crippen LogP contribution < -0.4 is 15.8 Å². The number of amides is 1. The summed E-state index contributed by atoms with van der Waals surface area (Å²) >= 11 is 1.14. The van der Waals surface area contributed by atoms with Gasteiger partial charge in [0.25, 0.3) is 5.91 Å². The number of thiazole rings is 1. The van der Waals surface area contributed by atoms with Crippen LogP contribution in [0, 0.1) is 0 Å². The van der Waals surface area contributed by atoms with Crippen LogP contribution in [0.15, 0.2) is 29.6 Å². The average molecular weight is 285 g/mol. The Balaban J connectivity index is 2.08. The number of nitrogen functional groups attached to an aromatic ring is 1. The molecule has 0 saturated heterocycles. The number of hydrogen-bond donors (Lipinski definition) is 2. The van der Waals surface area contributed by atoms with E-state index in [1.54, 1.807) is 6.07 Å². The SMILES string of the molecule is Nc1nc(C(=O)Nc2cccc(OC(F)F)c2)cs1. The van der Waals surface area contributed by atoms with Crippen LogP contribution in [-0.2, 0) is 0 Å². The Morgan fingerprint density at radius 2 is 2.26 bits per heavy atom. The largest absolute Gasteiger partial charge is 0.435 e. The van der Waals surface area contributed by atoms with Gasteiger partial charge in [0.05, 0.1) is 0 Å². The minimum atomic E-state index is -2.91. The van der Waals surface area contributed by atoms with Crippen molar-refractivity contribution >= 4 is 28.1 Å². The summed E-state index contributed by atoms with van der Waals surface area (Å²) in [6.07, 6.45) is 0. The number of hydrogen-bond acceptors (Lipinski definition) is 5. The fraction of sp³-hybridized carbons (Fsp3) is 0.0909. The van der Waals surface area contributed by atoms with Gasteiger partial charge in [0.1, 0.15) is 11.4 Å². The molecule has 3 N–H and O–H groups in total. The highest BCUT2D eigenvalue weighted by atomic mass is 32.1. The molecule has 8 heteroatoms. The fourth-order valence-corrected chi connectivity index (χ4v) is 1.88. The van der Waals surface area contributed by atoms with Gasteiger partial charge < -0.3 is 15.8 Å². The predicted molar refractivity (Wildman–Crippen MR) is 67.6 cm³/mol. The molecule has 0 aliphatic heterocycles. The molecule has 0 fully saturated rings. The second-order valence-corrected chi connectivity index (χ2v) is 4.32. The van der Waals surface area contributed by atoms with Gasteiger partial charge in [-0.2, -0.15) is 8.78 Å². The van der Waals surface area contributed by atoms with Crippen LogP contribution in [0.3, 0.4) is 0 Å². The zero-order valence-electron chi connectivity index (χ0n) is 9.47. The smallest absolute Gasteiger partial charge is 0.387 e. The maximum atomic E-state index is 12.1. The number of nitrogens with two attached hydrogens (primary N) is 1. The van der Waals surface area contributed by atoms with Gasteiger partial charge in [0, 0.05) is 17.1 Å². The Morgan fingerprint density at radius 1 is 1.47 bits per heavy atom. The topological polar surface area (TPSA) is 77.2 Å². The van der Waals surface area contributed by atoms with Crippen molar-refractivity contribution in [3.63, 3.8) is 0 Å². The Kier molecular flexibility index (Phi) is 3.91. The molecule has 19 heavy (non-hydrogen) atoms. The third kappa shape index (κ3) is 3.62. The van der Waals surface area contributed by atoms with Gasteiger partial charge in [-0.25, -0.2) is 4.98 Å².